The predicted molar refractivity (Wildman–Crippen MR) is 120 cm³/mol. The normalized spacial score (nSPS) is 17.6. The second-order valence-corrected chi connectivity index (χ2v) is 7.88. The molecule has 0 saturated carbocycles. The summed E-state index contributed by atoms with van der Waals surface area (Å²) in [5.41, 5.74) is 1.63. The van der Waals surface area contributed by atoms with E-state index in [4.69, 9.17) is 9.47 Å². The van der Waals surface area contributed by atoms with Gasteiger partial charge in [-0.25, -0.2) is 0 Å². The van der Waals surface area contributed by atoms with E-state index >= 15 is 0 Å². The maximum atomic E-state index is 13.2. The fraction of sp³-hybridized carbons (Fsp3) is 0.375. The van der Waals surface area contributed by atoms with Crippen molar-refractivity contribution in [1.29, 1.82) is 0 Å². The number of rotatable bonds is 5. The summed E-state index contributed by atoms with van der Waals surface area (Å²) in [4.78, 5) is 39.8. The van der Waals surface area contributed by atoms with E-state index in [9.17, 15) is 14.4 Å². The summed E-state index contributed by atoms with van der Waals surface area (Å²) in [6, 6.07) is 10.1. The maximum absolute atomic E-state index is 13.2. The molecule has 2 aromatic carbocycles. The first-order valence-electron chi connectivity index (χ1n) is 11.0. The van der Waals surface area contributed by atoms with Gasteiger partial charge in [0.2, 0.25) is 0 Å². The number of para-hydroxylation sites is 1. The molecule has 0 spiro atoms. The lowest BCUT2D eigenvalue weighted by Gasteiger charge is -2.27. The Balaban J connectivity index is 1.62. The zero-order chi connectivity index (χ0) is 22.7. The third kappa shape index (κ3) is 4.39. The van der Waals surface area contributed by atoms with Crippen molar-refractivity contribution in [1.82, 2.24) is 4.90 Å². The van der Waals surface area contributed by atoms with Crippen LogP contribution in [0.15, 0.2) is 36.4 Å². The van der Waals surface area contributed by atoms with Crippen molar-refractivity contribution in [3.05, 3.63) is 47.5 Å². The first kappa shape index (κ1) is 21.7. The molecule has 2 N–H and O–H groups in total. The molecule has 1 fully saturated rings. The smallest absolute Gasteiger partial charge is 0.265 e. The van der Waals surface area contributed by atoms with E-state index in [2.05, 4.69) is 10.6 Å². The summed E-state index contributed by atoms with van der Waals surface area (Å²) in [5.74, 6) is 0.0468. The Morgan fingerprint density at radius 1 is 1.19 bits per heavy atom. The van der Waals surface area contributed by atoms with Crippen LogP contribution in [-0.2, 0) is 4.79 Å². The molecule has 0 bridgehead atoms. The number of hydrogen-bond acceptors (Lipinski definition) is 5. The van der Waals surface area contributed by atoms with Crippen LogP contribution in [0.3, 0.4) is 0 Å². The molecule has 3 amide bonds. The van der Waals surface area contributed by atoms with Gasteiger partial charge in [-0.3, -0.25) is 14.4 Å². The Hall–Kier alpha value is -3.55. The second-order valence-electron chi connectivity index (χ2n) is 7.88. The zero-order valence-corrected chi connectivity index (χ0v) is 18.3. The van der Waals surface area contributed by atoms with Gasteiger partial charge in [0, 0.05) is 18.7 Å². The molecule has 2 aliphatic rings. The maximum Gasteiger partial charge on any atom is 0.265 e. The third-order valence-electron chi connectivity index (χ3n) is 5.60. The largest absolute Gasteiger partial charge is 0.492 e. The number of fused-ring (bicyclic) bond motifs is 1. The highest BCUT2D eigenvalue weighted by Gasteiger charge is 2.28. The number of anilines is 2. The highest BCUT2D eigenvalue weighted by atomic mass is 16.5. The van der Waals surface area contributed by atoms with Crippen LogP contribution in [0.4, 0.5) is 11.4 Å². The lowest BCUT2D eigenvalue weighted by molar-refractivity contribution is -0.122. The number of nitrogens with zero attached hydrogens (tertiary/aromatic N) is 1. The number of benzene rings is 2. The molecule has 1 atom stereocenters. The van der Waals surface area contributed by atoms with Gasteiger partial charge < -0.3 is 25.0 Å². The van der Waals surface area contributed by atoms with Crippen molar-refractivity contribution >= 4 is 29.1 Å². The SMILES string of the molecule is CCOc1ccc(C(=O)N2CCCCC2)cc1NC(=O)c1cccc2c1O[C@H](C)C(=O)N2. The summed E-state index contributed by atoms with van der Waals surface area (Å²) in [5, 5.41) is 5.60. The Morgan fingerprint density at radius 3 is 2.72 bits per heavy atom. The lowest BCUT2D eigenvalue weighted by Crippen LogP contribution is -2.35. The van der Waals surface area contributed by atoms with Gasteiger partial charge in [-0.15, -0.1) is 0 Å². The second kappa shape index (κ2) is 9.30. The van der Waals surface area contributed by atoms with Crippen molar-refractivity contribution in [3.8, 4) is 11.5 Å². The van der Waals surface area contributed by atoms with Crippen LogP contribution in [0.5, 0.6) is 11.5 Å². The Kier molecular flexibility index (Phi) is 6.30. The van der Waals surface area contributed by atoms with Crippen molar-refractivity contribution < 1.29 is 23.9 Å². The van der Waals surface area contributed by atoms with Gasteiger partial charge in [0.1, 0.15) is 5.75 Å². The molecule has 0 aromatic heterocycles. The first-order valence-corrected chi connectivity index (χ1v) is 11.0. The number of carbonyl (C=O) groups excluding carboxylic acids is 3. The van der Waals surface area contributed by atoms with Crippen LogP contribution in [0.25, 0.3) is 0 Å². The summed E-state index contributed by atoms with van der Waals surface area (Å²) in [6.07, 6.45) is 2.43. The van der Waals surface area contributed by atoms with Gasteiger partial charge in [-0.05, 0) is 63.4 Å². The molecule has 0 aliphatic carbocycles. The van der Waals surface area contributed by atoms with Gasteiger partial charge in [-0.2, -0.15) is 0 Å². The molecule has 2 aromatic rings. The highest BCUT2D eigenvalue weighted by molar-refractivity contribution is 6.10. The van der Waals surface area contributed by atoms with Gasteiger partial charge in [0.25, 0.3) is 17.7 Å². The molecule has 0 unspecified atom stereocenters. The van der Waals surface area contributed by atoms with Gasteiger partial charge in [0.15, 0.2) is 11.9 Å². The molecule has 32 heavy (non-hydrogen) atoms. The quantitative estimate of drug-likeness (QED) is 0.744. The molecule has 8 nitrogen and oxygen atoms in total. The molecular formula is C24H27N3O5. The van der Waals surface area contributed by atoms with Crippen molar-refractivity contribution in [2.24, 2.45) is 0 Å². The summed E-state index contributed by atoms with van der Waals surface area (Å²) in [7, 11) is 0. The summed E-state index contributed by atoms with van der Waals surface area (Å²) >= 11 is 0. The standard InChI is InChI=1S/C24H27N3O5/c1-3-31-20-11-10-16(24(30)27-12-5-4-6-13-27)14-19(20)26-23(29)17-8-7-9-18-21(17)32-15(2)22(28)25-18/h7-11,14-15H,3-6,12-13H2,1-2H3,(H,25,28)(H,26,29)/t15-/m1/s1. The van der Waals surface area contributed by atoms with Crippen LogP contribution < -0.4 is 20.1 Å². The van der Waals surface area contributed by atoms with Gasteiger partial charge >= 0.3 is 0 Å². The number of likely N-dealkylation sites (tertiary alicyclic amines) is 1. The number of hydrogen-bond donors (Lipinski definition) is 2. The van der Waals surface area contributed by atoms with Crippen molar-refractivity contribution in [2.75, 3.05) is 30.3 Å². The van der Waals surface area contributed by atoms with Gasteiger partial charge in [-0.1, -0.05) is 6.07 Å². The van der Waals surface area contributed by atoms with Crippen LogP contribution >= 0.6 is 0 Å². The predicted octanol–water partition coefficient (Wildman–Crippen LogP) is 3.68. The molecule has 168 valence electrons. The van der Waals surface area contributed by atoms with Crippen LogP contribution in [-0.4, -0.2) is 48.4 Å². The summed E-state index contributed by atoms with van der Waals surface area (Å²) < 4.78 is 11.4. The topological polar surface area (TPSA) is 97.0 Å². The van der Waals surface area contributed by atoms with E-state index in [1.807, 2.05) is 11.8 Å². The fourth-order valence-electron chi connectivity index (χ4n) is 3.92. The first-order chi connectivity index (χ1) is 15.5. The van der Waals surface area contributed by atoms with E-state index in [0.29, 0.717) is 35.0 Å². The Labute approximate surface area is 186 Å². The fourth-order valence-corrected chi connectivity index (χ4v) is 3.92. The van der Waals surface area contributed by atoms with Gasteiger partial charge in [0.05, 0.1) is 23.5 Å². The van der Waals surface area contributed by atoms with E-state index in [1.54, 1.807) is 43.3 Å². The lowest BCUT2D eigenvalue weighted by atomic mass is 10.1. The number of piperidine rings is 1. The monoisotopic (exact) mass is 437 g/mol. The van der Waals surface area contributed by atoms with E-state index < -0.39 is 12.0 Å². The molecule has 8 heteroatoms. The van der Waals surface area contributed by atoms with E-state index in [1.165, 1.54) is 0 Å². The number of nitrogens with one attached hydrogen (secondary N) is 2. The van der Waals surface area contributed by atoms with Crippen molar-refractivity contribution in [3.63, 3.8) is 0 Å². The molecule has 4 rings (SSSR count). The Morgan fingerprint density at radius 2 is 1.97 bits per heavy atom. The van der Waals surface area contributed by atoms with Crippen LogP contribution in [0, 0.1) is 0 Å². The highest BCUT2D eigenvalue weighted by Crippen LogP contribution is 2.35. The number of amides is 3. The third-order valence-corrected chi connectivity index (χ3v) is 5.60. The molecule has 2 aliphatic heterocycles. The van der Waals surface area contributed by atoms with Crippen LogP contribution in [0.2, 0.25) is 0 Å². The average Bonchev–Trinajstić information content (AvgIpc) is 2.80. The van der Waals surface area contributed by atoms with Crippen molar-refractivity contribution in [2.45, 2.75) is 39.2 Å². The molecule has 2 heterocycles. The minimum atomic E-state index is -0.707. The number of ether oxygens (including phenoxy) is 2. The molecule has 1 saturated heterocycles. The Bertz CT molecular complexity index is 1050. The zero-order valence-electron chi connectivity index (χ0n) is 18.3. The number of carbonyl (C=O) groups is 3. The average molecular weight is 437 g/mol. The molecular weight excluding hydrogens is 410 g/mol. The van der Waals surface area contributed by atoms with E-state index in [-0.39, 0.29) is 17.4 Å². The molecule has 0 radical (unpaired) electrons. The van der Waals surface area contributed by atoms with Crippen LogP contribution in [0.1, 0.15) is 53.8 Å². The minimum Gasteiger partial charge on any atom is -0.492 e. The summed E-state index contributed by atoms with van der Waals surface area (Å²) in [6.45, 7) is 5.37. The minimum absolute atomic E-state index is 0.0554. The van der Waals surface area contributed by atoms with E-state index in [0.717, 1.165) is 32.4 Å².